The Bertz CT molecular complexity index is 1630. The highest BCUT2D eigenvalue weighted by molar-refractivity contribution is 5.85. The standard InChI is InChI=1S/C45H69N7O3/c1-11-48(12-2)36-19-17-34(40(53)25-36)28-46-30-44(7,8)32-51-23-24-52(43(51)39-22-21-38(27-42(39)55)50(15-5)16-6)33-45(9,10)31-47-29-35-18-20-37(26-41(35)54)49(13-3)14-4/h17-22,25-29,43,53-55H,11-16,23-24,30-33H2,1-10H3. The van der Waals surface area contributed by atoms with E-state index in [1.165, 1.54) is 0 Å². The number of phenols is 3. The van der Waals surface area contributed by atoms with Crippen LogP contribution in [0, 0.1) is 10.8 Å². The number of nitrogens with zero attached hydrogens (tertiary/aromatic N) is 7. The molecule has 10 nitrogen and oxygen atoms in total. The maximum absolute atomic E-state index is 11.6. The first-order chi connectivity index (χ1) is 26.2. The van der Waals surface area contributed by atoms with Crippen molar-refractivity contribution in [1.29, 1.82) is 0 Å². The van der Waals surface area contributed by atoms with E-state index in [-0.39, 0.29) is 28.5 Å². The van der Waals surface area contributed by atoms with E-state index in [4.69, 9.17) is 9.98 Å². The number of aromatic hydroxyl groups is 3. The Hall–Kier alpha value is -4.28. The van der Waals surface area contributed by atoms with Gasteiger partial charge in [0.05, 0.1) is 6.17 Å². The zero-order chi connectivity index (χ0) is 40.3. The van der Waals surface area contributed by atoms with Crippen LogP contribution in [0.2, 0.25) is 0 Å². The van der Waals surface area contributed by atoms with Crippen molar-refractivity contribution in [3.05, 3.63) is 71.3 Å². The van der Waals surface area contributed by atoms with Crippen molar-refractivity contribution in [3.8, 4) is 17.2 Å². The molecule has 0 saturated carbocycles. The molecule has 1 aliphatic rings. The number of benzene rings is 3. The second kappa shape index (κ2) is 19.5. The van der Waals surface area contributed by atoms with Gasteiger partial charge in [0.25, 0.3) is 0 Å². The van der Waals surface area contributed by atoms with Crippen LogP contribution in [0.3, 0.4) is 0 Å². The molecule has 302 valence electrons. The fourth-order valence-electron chi connectivity index (χ4n) is 7.83. The third-order valence-electron chi connectivity index (χ3n) is 10.8. The van der Waals surface area contributed by atoms with Crippen molar-refractivity contribution in [3.63, 3.8) is 0 Å². The highest BCUT2D eigenvalue weighted by atomic mass is 16.3. The lowest BCUT2D eigenvalue weighted by atomic mass is 9.91. The minimum absolute atomic E-state index is 0.120. The Morgan fingerprint density at radius 3 is 1.24 bits per heavy atom. The molecule has 3 aromatic carbocycles. The smallest absolute Gasteiger partial charge is 0.126 e. The predicted molar refractivity (Wildman–Crippen MR) is 233 cm³/mol. The van der Waals surface area contributed by atoms with Crippen LogP contribution in [0.4, 0.5) is 17.1 Å². The quantitative estimate of drug-likeness (QED) is 0.0992. The maximum Gasteiger partial charge on any atom is 0.126 e. The first kappa shape index (κ1) is 43.4. The van der Waals surface area contributed by atoms with Crippen LogP contribution in [0.25, 0.3) is 0 Å². The molecule has 4 rings (SSSR count). The Morgan fingerprint density at radius 2 is 0.909 bits per heavy atom. The van der Waals surface area contributed by atoms with E-state index in [9.17, 15) is 15.3 Å². The normalized spacial score (nSPS) is 15.8. The minimum atomic E-state index is -0.180. The molecule has 1 saturated heterocycles. The van der Waals surface area contributed by atoms with Crippen LogP contribution in [0.5, 0.6) is 17.2 Å². The van der Waals surface area contributed by atoms with Crippen molar-refractivity contribution in [1.82, 2.24) is 9.80 Å². The van der Waals surface area contributed by atoms with Gasteiger partial charge in [0.1, 0.15) is 17.2 Å². The number of hydrogen-bond acceptors (Lipinski definition) is 10. The SMILES string of the molecule is CCN(CC)c1ccc(C=NCC(C)(C)CN2CCN(CC(C)(C)CN=Cc3ccc(N(CC)CC)cc3O)C2c2ccc(N(CC)CC)cc2O)c(O)c1. The lowest BCUT2D eigenvalue weighted by molar-refractivity contribution is 0.0757. The van der Waals surface area contributed by atoms with E-state index < -0.39 is 0 Å². The summed E-state index contributed by atoms with van der Waals surface area (Å²) in [7, 11) is 0. The van der Waals surface area contributed by atoms with Gasteiger partial charge in [-0.3, -0.25) is 19.8 Å². The van der Waals surface area contributed by atoms with E-state index in [2.05, 4.69) is 106 Å². The summed E-state index contributed by atoms with van der Waals surface area (Å²) in [6.45, 7) is 31.4. The molecule has 0 atom stereocenters. The minimum Gasteiger partial charge on any atom is -0.507 e. The second-order valence-electron chi connectivity index (χ2n) is 16.3. The van der Waals surface area contributed by atoms with Gasteiger partial charge in [0.15, 0.2) is 0 Å². The molecule has 10 heteroatoms. The zero-order valence-corrected chi connectivity index (χ0v) is 35.4. The molecule has 0 bridgehead atoms. The number of hydrogen-bond donors (Lipinski definition) is 3. The number of anilines is 3. The summed E-state index contributed by atoms with van der Waals surface area (Å²) in [5.74, 6) is 0.786. The van der Waals surface area contributed by atoms with Crippen LogP contribution in [0.15, 0.2) is 64.6 Å². The molecule has 0 radical (unpaired) electrons. The van der Waals surface area contributed by atoms with Crippen LogP contribution in [-0.2, 0) is 0 Å². The van der Waals surface area contributed by atoms with E-state index in [0.717, 1.165) is 88.1 Å². The van der Waals surface area contributed by atoms with Crippen molar-refractivity contribution in [2.45, 2.75) is 75.4 Å². The van der Waals surface area contributed by atoms with E-state index in [1.807, 2.05) is 42.5 Å². The summed E-state index contributed by atoms with van der Waals surface area (Å²) < 4.78 is 0. The van der Waals surface area contributed by atoms with Gasteiger partial charge in [-0.2, -0.15) is 0 Å². The summed E-state index contributed by atoms with van der Waals surface area (Å²) in [4.78, 5) is 21.3. The molecular formula is C45H69N7O3. The summed E-state index contributed by atoms with van der Waals surface area (Å²) in [5.41, 5.74) is 5.01. The van der Waals surface area contributed by atoms with Gasteiger partial charge in [-0.15, -0.1) is 0 Å². The van der Waals surface area contributed by atoms with Crippen LogP contribution >= 0.6 is 0 Å². The zero-order valence-electron chi connectivity index (χ0n) is 35.4. The van der Waals surface area contributed by atoms with Gasteiger partial charge in [-0.25, -0.2) is 0 Å². The molecule has 55 heavy (non-hydrogen) atoms. The van der Waals surface area contributed by atoms with E-state index >= 15 is 0 Å². The molecule has 3 N–H and O–H groups in total. The molecule has 1 fully saturated rings. The van der Waals surface area contributed by atoms with Crippen molar-refractivity contribution in [2.24, 2.45) is 20.8 Å². The Morgan fingerprint density at radius 1 is 0.564 bits per heavy atom. The van der Waals surface area contributed by atoms with Gasteiger partial charge >= 0.3 is 0 Å². The average molecular weight is 756 g/mol. The van der Waals surface area contributed by atoms with Gasteiger partial charge < -0.3 is 30.0 Å². The Balaban J connectivity index is 1.53. The lowest BCUT2D eigenvalue weighted by Crippen LogP contribution is -2.41. The highest BCUT2D eigenvalue weighted by Crippen LogP contribution is 2.40. The Labute approximate surface area is 331 Å². The van der Waals surface area contributed by atoms with Crippen molar-refractivity contribution in [2.75, 3.05) is 93.2 Å². The van der Waals surface area contributed by atoms with E-state index in [0.29, 0.717) is 30.0 Å². The summed E-state index contributed by atoms with van der Waals surface area (Å²) >= 11 is 0. The fourth-order valence-corrected chi connectivity index (χ4v) is 7.83. The van der Waals surface area contributed by atoms with Gasteiger partial charge in [0.2, 0.25) is 0 Å². The molecule has 0 amide bonds. The molecule has 0 aromatic heterocycles. The summed E-state index contributed by atoms with van der Waals surface area (Å²) in [5, 5.41) is 33.1. The maximum atomic E-state index is 11.6. The number of phenolic OH excluding ortho intramolecular Hbond substituents is 3. The average Bonchev–Trinajstić information content (AvgIpc) is 3.51. The van der Waals surface area contributed by atoms with Crippen LogP contribution < -0.4 is 14.7 Å². The molecule has 1 heterocycles. The van der Waals surface area contributed by atoms with E-state index in [1.54, 1.807) is 12.4 Å². The van der Waals surface area contributed by atoms with Gasteiger partial charge in [-0.1, -0.05) is 33.8 Å². The van der Waals surface area contributed by atoms with Gasteiger partial charge in [0, 0.05) is 143 Å². The summed E-state index contributed by atoms with van der Waals surface area (Å²) in [6, 6.07) is 17.8. The molecule has 1 aliphatic heterocycles. The third-order valence-corrected chi connectivity index (χ3v) is 10.8. The Kier molecular flexibility index (Phi) is 15.4. The molecule has 0 unspecified atom stereocenters. The van der Waals surface area contributed by atoms with Crippen LogP contribution in [-0.4, -0.2) is 116 Å². The molecular weight excluding hydrogens is 687 g/mol. The molecule has 3 aromatic rings. The second-order valence-corrected chi connectivity index (χ2v) is 16.3. The molecule has 0 aliphatic carbocycles. The molecule has 0 spiro atoms. The monoisotopic (exact) mass is 756 g/mol. The van der Waals surface area contributed by atoms with Crippen molar-refractivity contribution >= 4 is 29.5 Å². The van der Waals surface area contributed by atoms with Crippen molar-refractivity contribution < 1.29 is 15.3 Å². The third kappa shape index (κ3) is 11.4. The first-order valence-corrected chi connectivity index (χ1v) is 20.4. The van der Waals surface area contributed by atoms with Crippen LogP contribution in [0.1, 0.15) is 92.1 Å². The lowest BCUT2D eigenvalue weighted by Gasteiger charge is -2.38. The summed E-state index contributed by atoms with van der Waals surface area (Å²) in [6.07, 6.45) is 3.46. The number of rotatable bonds is 20. The van der Waals surface area contributed by atoms with Gasteiger partial charge in [-0.05, 0) is 82.7 Å². The first-order valence-electron chi connectivity index (χ1n) is 20.4. The topological polar surface area (TPSA) is 102 Å². The highest BCUT2D eigenvalue weighted by Gasteiger charge is 2.39. The fraction of sp³-hybridized carbons (Fsp3) is 0.556. The predicted octanol–water partition coefficient (Wildman–Crippen LogP) is 8.25. The largest absolute Gasteiger partial charge is 0.507 e. The number of aliphatic imine (C=N–C) groups is 2.